The van der Waals surface area contributed by atoms with Gasteiger partial charge in [-0.25, -0.2) is 0 Å². The molecule has 150 valence electrons. The van der Waals surface area contributed by atoms with Gasteiger partial charge in [-0.05, 0) is 12.1 Å². The number of rotatable bonds is 4. The number of thiazole rings is 1. The molecule has 0 aliphatic carbocycles. The van der Waals surface area contributed by atoms with Crippen molar-refractivity contribution in [2.24, 2.45) is 4.99 Å². The number of carbonyl (C=O) groups is 1. The number of carbonyl (C=O) groups excluding carboxylic acids is 1. The molecule has 0 unspecified atom stereocenters. The molecule has 0 spiro atoms. The van der Waals surface area contributed by atoms with E-state index < -0.39 is 11.3 Å². The van der Waals surface area contributed by atoms with Gasteiger partial charge in [-0.15, -0.1) is 6.42 Å². The van der Waals surface area contributed by atoms with E-state index in [-0.39, 0.29) is 12.1 Å². The molecule has 0 fully saturated rings. The van der Waals surface area contributed by atoms with Crippen LogP contribution in [0.3, 0.4) is 0 Å². The summed E-state index contributed by atoms with van der Waals surface area (Å²) in [6.07, 6.45) is 6.66. The molecule has 2 heterocycles. The molecule has 0 aliphatic rings. The van der Waals surface area contributed by atoms with Crippen LogP contribution in [0.25, 0.3) is 21.2 Å². The van der Waals surface area contributed by atoms with E-state index in [0.717, 1.165) is 16.5 Å². The summed E-state index contributed by atoms with van der Waals surface area (Å²) in [7, 11) is 3.08. The lowest BCUT2D eigenvalue weighted by Crippen LogP contribution is -2.19. The summed E-state index contributed by atoms with van der Waals surface area (Å²) in [4.78, 5) is 30.1. The van der Waals surface area contributed by atoms with Crippen molar-refractivity contribution < 1.29 is 18.7 Å². The van der Waals surface area contributed by atoms with E-state index in [9.17, 15) is 9.59 Å². The highest BCUT2D eigenvalue weighted by molar-refractivity contribution is 7.16. The van der Waals surface area contributed by atoms with Gasteiger partial charge in [-0.1, -0.05) is 29.4 Å². The fourth-order valence-electron chi connectivity index (χ4n) is 3.10. The van der Waals surface area contributed by atoms with Crippen molar-refractivity contribution in [3.63, 3.8) is 0 Å². The Bertz CT molecular complexity index is 1450. The molecular weight excluding hydrogens is 404 g/mol. The van der Waals surface area contributed by atoms with Gasteiger partial charge < -0.3 is 18.5 Å². The van der Waals surface area contributed by atoms with E-state index in [0.29, 0.717) is 27.3 Å². The molecule has 0 N–H and O–H groups in total. The summed E-state index contributed by atoms with van der Waals surface area (Å²) in [5, 5.41) is 0.320. The number of para-hydroxylation sites is 1. The van der Waals surface area contributed by atoms with Crippen LogP contribution in [0.4, 0.5) is 0 Å². The Morgan fingerprint density at radius 2 is 1.97 bits per heavy atom. The third kappa shape index (κ3) is 3.25. The zero-order valence-corrected chi connectivity index (χ0v) is 17.0. The van der Waals surface area contributed by atoms with Gasteiger partial charge in [-0.2, -0.15) is 4.99 Å². The van der Waals surface area contributed by atoms with Gasteiger partial charge in [0.15, 0.2) is 16.3 Å². The number of fused-ring (bicyclic) bond motifs is 2. The first-order valence-electron chi connectivity index (χ1n) is 8.85. The lowest BCUT2D eigenvalue weighted by Gasteiger charge is -2.08. The zero-order chi connectivity index (χ0) is 21.3. The molecule has 0 atom stereocenters. The van der Waals surface area contributed by atoms with Crippen molar-refractivity contribution in [2.45, 2.75) is 6.54 Å². The fraction of sp³-hybridized carbons (Fsp3) is 0.136. The minimum atomic E-state index is -0.703. The number of hydrogen-bond acceptors (Lipinski definition) is 6. The summed E-state index contributed by atoms with van der Waals surface area (Å²) in [5.41, 5.74) is 0.572. The minimum absolute atomic E-state index is 0.145. The second-order valence-corrected chi connectivity index (χ2v) is 7.25. The molecule has 4 aromatic rings. The predicted octanol–water partition coefficient (Wildman–Crippen LogP) is 3.20. The fourth-order valence-corrected chi connectivity index (χ4v) is 4.14. The molecule has 2 aromatic carbocycles. The smallest absolute Gasteiger partial charge is 0.286 e. The molecule has 2 aromatic heterocycles. The Morgan fingerprint density at radius 3 is 2.70 bits per heavy atom. The number of ether oxygens (including phenoxy) is 2. The number of terminal acetylenes is 1. The number of aromatic nitrogens is 1. The number of methoxy groups -OCH3 is 2. The highest BCUT2D eigenvalue weighted by Crippen LogP contribution is 2.33. The number of benzene rings is 2. The van der Waals surface area contributed by atoms with Crippen LogP contribution in [0.2, 0.25) is 0 Å². The Morgan fingerprint density at radius 1 is 1.23 bits per heavy atom. The SMILES string of the molecule is C#CCn1c(=NC(=O)c2coc3ccccc3c2=O)sc2cc(OC)c(OC)cc21. The van der Waals surface area contributed by atoms with Crippen molar-refractivity contribution in [2.75, 3.05) is 14.2 Å². The van der Waals surface area contributed by atoms with Gasteiger partial charge in [-0.3, -0.25) is 9.59 Å². The van der Waals surface area contributed by atoms with Gasteiger partial charge >= 0.3 is 0 Å². The van der Waals surface area contributed by atoms with Crippen LogP contribution < -0.4 is 19.7 Å². The topological polar surface area (TPSA) is 83.0 Å². The lowest BCUT2D eigenvalue weighted by molar-refractivity contribution is 0.0995. The third-order valence-corrected chi connectivity index (χ3v) is 5.59. The standard InChI is InChI=1S/C22H16N2O5S/c1-4-9-24-15-10-17(27-2)18(28-3)11-19(15)30-22(24)23-21(26)14-12-29-16-8-6-5-7-13(16)20(14)25/h1,5-8,10-12H,9H2,2-3H3. The van der Waals surface area contributed by atoms with E-state index in [2.05, 4.69) is 10.9 Å². The average Bonchev–Trinajstić information content (AvgIpc) is 3.09. The molecule has 0 bridgehead atoms. The van der Waals surface area contributed by atoms with Gasteiger partial charge in [0.2, 0.25) is 5.43 Å². The molecule has 0 saturated heterocycles. The number of nitrogens with zero attached hydrogens (tertiary/aromatic N) is 2. The highest BCUT2D eigenvalue weighted by Gasteiger charge is 2.16. The van der Waals surface area contributed by atoms with E-state index in [4.69, 9.17) is 20.3 Å². The first kappa shape index (κ1) is 19.5. The summed E-state index contributed by atoms with van der Waals surface area (Å²) in [6.45, 7) is 0.188. The molecule has 1 amide bonds. The molecule has 0 radical (unpaired) electrons. The maximum Gasteiger partial charge on any atom is 0.286 e. The zero-order valence-electron chi connectivity index (χ0n) is 16.2. The van der Waals surface area contributed by atoms with Crippen molar-refractivity contribution in [1.29, 1.82) is 0 Å². The summed E-state index contributed by atoms with van der Waals surface area (Å²) >= 11 is 1.26. The molecule has 0 aliphatic heterocycles. The maximum atomic E-state index is 12.8. The van der Waals surface area contributed by atoms with E-state index in [1.165, 1.54) is 18.4 Å². The summed E-state index contributed by atoms with van der Waals surface area (Å²) in [6, 6.07) is 10.3. The van der Waals surface area contributed by atoms with Crippen molar-refractivity contribution >= 4 is 38.4 Å². The summed E-state index contributed by atoms with van der Waals surface area (Å²) in [5.74, 6) is 2.94. The van der Waals surface area contributed by atoms with E-state index in [1.807, 2.05) is 0 Å². The van der Waals surface area contributed by atoms with E-state index >= 15 is 0 Å². The first-order valence-corrected chi connectivity index (χ1v) is 9.67. The Kier molecular flexibility index (Phi) is 5.12. The van der Waals surface area contributed by atoms with Crippen LogP contribution in [0.1, 0.15) is 10.4 Å². The largest absolute Gasteiger partial charge is 0.493 e. The van der Waals surface area contributed by atoms with Gasteiger partial charge in [0, 0.05) is 12.1 Å². The lowest BCUT2D eigenvalue weighted by atomic mass is 10.2. The predicted molar refractivity (Wildman–Crippen MR) is 114 cm³/mol. The Hall–Kier alpha value is -3.83. The van der Waals surface area contributed by atoms with Gasteiger partial charge in [0.05, 0.1) is 36.4 Å². The van der Waals surface area contributed by atoms with Crippen molar-refractivity contribution in [3.8, 4) is 23.8 Å². The minimum Gasteiger partial charge on any atom is -0.493 e. The Labute approximate surface area is 174 Å². The first-order chi connectivity index (χ1) is 14.6. The number of hydrogen-bond donors (Lipinski definition) is 0. The summed E-state index contributed by atoms with van der Waals surface area (Å²) < 4.78 is 18.6. The Balaban J connectivity index is 1.91. The molecule has 0 saturated carbocycles. The van der Waals surface area contributed by atoms with Crippen LogP contribution in [0.15, 0.2) is 56.9 Å². The molecule has 7 nitrogen and oxygen atoms in total. The monoisotopic (exact) mass is 420 g/mol. The average molecular weight is 420 g/mol. The van der Waals surface area contributed by atoms with Crippen molar-refractivity contribution in [1.82, 2.24) is 4.57 Å². The molecular formula is C22H16N2O5S. The normalized spacial score (nSPS) is 11.6. The van der Waals surface area contributed by atoms with Gasteiger partial charge in [0.25, 0.3) is 5.91 Å². The maximum absolute atomic E-state index is 12.8. The second-order valence-electron chi connectivity index (χ2n) is 6.24. The molecule has 8 heteroatoms. The quantitative estimate of drug-likeness (QED) is 0.474. The highest BCUT2D eigenvalue weighted by atomic mass is 32.1. The van der Waals surface area contributed by atoms with Crippen LogP contribution >= 0.6 is 11.3 Å². The van der Waals surface area contributed by atoms with Crippen molar-refractivity contribution in [3.05, 3.63) is 63.2 Å². The van der Waals surface area contributed by atoms with E-state index in [1.54, 1.807) is 48.1 Å². The number of amides is 1. The van der Waals surface area contributed by atoms with Gasteiger partial charge in [0.1, 0.15) is 17.4 Å². The second kappa shape index (κ2) is 7.89. The third-order valence-electron chi connectivity index (χ3n) is 4.55. The molecule has 4 rings (SSSR count). The van der Waals surface area contributed by atoms with Crippen LogP contribution in [0.5, 0.6) is 11.5 Å². The van der Waals surface area contributed by atoms with Crippen LogP contribution in [0, 0.1) is 12.3 Å². The van der Waals surface area contributed by atoms with Crippen LogP contribution in [-0.2, 0) is 6.54 Å². The van der Waals surface area contributed by atoms with Crippen LogP contribution in [-0.4, -0.2) is 24.7 Å². The molecule has 30 heavy (non-hydrogen) atoms.